The molecule has 27 heavy (non-hydrogen) atoms. The molecule has 1 heterocycles. The second-order valence-corrected chi connectivity index (χ2v) is 6.85. The number of aromatic nitrogens is 2. The Balaban J connectivity index is 2.26. The number of rotatable bonds is 11. The number of carbonyl (C=O) groups is 1. The third-order valence-electron chi connectivity index (χ3n) is 4.27. The summed E-state index contributed by atoms with van der Waals surface area (Å²) < 4.78 is 21.6. The number of unbranched alkanes of at least 4 members (excludes halogenated alkanes) is 2. The van der Waals surface area contributed by atoms with Crippen LogP contribution in [0.1, 0.15) is 56.6 Å². The standard InChI is InChI=1S/C20H26ClFN2O3/c1-3-5-7-18-23-20(21)16(12-19(25)26)24(18)13-14-8-9-17(15(22)11-14)27-10-6-4-2/h8-9,11H,3-7,10,12-13H2,1-2H3,(H,25,26)/i22-1. The topological polar surface area (TPSA) is 64.4 Å². The first kappa shape index (κ1) is 21.2. The minimum absolute atomic E-state index is 0.198. The summed E-state index contributed by atoms with van der Waals surface area (Å²) in [5.41, 5.74) is 1.15. The molecule has 7 heteroatoms. The summed E-state index contributed by atoms with van der Waals surface area (Å²) in [6, 6.07) is 4.82. The lowest BCUT2D eigenvalue weighted by atomic mass is 10.2. The number of ether oxygens (including phenoxy) is 1. The van der Waals surface area contributed by atoms with Gasteiger partial charge in [-0.05, 0) is 30.5 Å². The van der Waals surface area contributed by atoms with Gasteiger partial charge in [-0.1, -0.05) is 44.4 Å². The summed E-state index contributed by atoms with van der Waals surface area (Å²) >= 11 is 6.18. The smallest absolute Gasteiger partial charge is 0.309 e. The average molecular weight is 396 g/mol. The third-order valence-corrected chi connectivity index (χ3v) is 4.57. The van der Waals surface area contributed by atoms with Gasteiger partial charge in [-0.25, -0.2) is 9.37 Å². The van der Waals surface area contributed by atoms with Crippen molar-refractivity contribution < 1.29 is 19.0 Å². The zero-order valence-corrected chi connectivity index (χ0v) is 16.6. The molecule has 1 N–H and O–H groups in total. The Morgan fingerprint density at radius 2 is 2.04 bits per heavy atom. The SMILES string of the molecule is CCCCOc1ccc(Cn2c(CCCC)nc(Cl)c2CC(=O)O)cc1[18F]. The molecular weight excluding hydrogens is 370 g/mol. The first-order chi connectivity index (χ1) is 13.0. The van der Waals surface area contributed by atoms with E-state index in [-0.39, 0.29) is 17.3 Å². The normalized spacial score (nSPS) is 11.0. The second kappa shape index (κ2) is 10.3. The van der Waals surface area contributed by atoms with Crippen LogP contribution >= 0.6 is 11.6 Å². The van der Waals surface area contributed by atoms with Gasteiger partial charge in [0.1, 0.15) is 5.82 Å². The van der Waals surface area contributed by atoms with Gasteiger partial charge in [0.25, 0.3) is 0 Å². The molecule has 0 spiro atoms. The zero-order chi connectivity index (χ0) is 19.8. The molecule has 5 nitrogen and oxygen atoms in total. The fourth-order valence-corrected chi connectivity index (χ4v) is 3.06. The molecule has 0 aliphatic carbocycles. The summed E-state index contributed by atoms with van der Waals surface area (Å²) in [4.78, 5) is 15.5. The average Bonchev–Trinajstić information content (AvgIpc) is 2.90. The highest BCUT2D eigenvalue weighted by Gasteiger charge is 2.18. The van der Waals surface area contributed by atoms with Crippen LogP contribution in [0.5, 0.6) is 5.75 Å². The van der Waals surface area contributed by atoms with Crippen molar-refractivity contribution in [2.75, 3.05) is 6.61 Å². The monoisotopic (exact) mass is 395 g/mol. The number of nitrogens with zero attached hydrogens (tertiary/aromatic N) is 2. The Kier molecular flexibility index (Phi) is 8.10. The van der Waals surface area contributed by atoms with Crippen molar-refractivity contribution in [3.8, 4) is 5.75 Å². The van der Waals surface area contributed by atoms with Crippen molar-refractivity contribution in [1.29, 1.82) is 0 Å². The van der Waals surface area contributed by atoms with Gasteiger partial charge in [-0.2, -0.15) is 0 Å². The van der Waals surface area contributed by atoms with Crippen LogP contribution in [-0.4, -0.2) is 27.2 Å². The fraction of sp³-hybridized carbons (Fsp3) is 0.500. The molecule has 0 unspecified atom stereocenters. The molecule has 0 saturated heterocycles. The van der Waals surface area contributed by atoms with Gasteiger partial charge >= 0.3 is 5.97 Å². The molecule has 0 aliphatic rings. The van der Waals surface area contributed by atoms with Gasteiger partial charge in [0.2, 0.25) is 0 Å². The molecular formula is C20H26ClFN2O3. The van der Waals surface area contributed by atoms with E-state index in [1.165, 1.54) is 6.07 Å². The highest BCUT2D eigenvalue weighted by atomic mass is 35.5. The van der Waals surface area contributed by atoms with Crippen LogP contribution in [0, 0.1) is 5.82 Å². The Morgan fingerprint density at radius 3 is 2.67 bits per heavy atom. The van der Waals surface area contributed by atoms with Gasteiger partial charge in [-0.3, -0.25) is 4.79 Å². The Labute approximate surface area is 164 Å². The van der Waals surface area contributed by atoms with Gasteiger partial charge < -0.3 is 14.4 Å². The largest absolute Gasteiger partial charge is 0.491 e. The predicted molar refractivity (Wildman–Crippen MR) is 103 cm³/mol. The maximum Gasteiger partial charge on any atom is 0.309 e. The summed E-state index contributed by atoms with van der Waals surface area (Å²) in [5, 5.41) is 9.37. The van der Waals surface area contributed by atoms with Crippen LogP contribution in [0.2, 0.25) is 5.15 Å². The summed E-state index contributed by atoms with van der Waals surface area (Å²) in [7, 11) is 0. The van der Waals surface area contributed by atoms with E-state index >= 15 is 0 Å². The van der Waals surface area contributed by atoms with E-state index in [0.29, 0.717) is 30.8 Å². The minimum Gasteiger partial charge on any atom is -0.491 e. The molecule has 0 saturated carbocycles. The lowest BCUT2D eigenvalue weighted by Gasteiger charge is -2.13. The van der Waals surface area contributed by atoms with Crippen molar-refractivity contribution >= 4 is 17.6 Å². The number of hydrogen-bond acceptors (Lipinski definition) is 3. The zero-order valence-electron chi connectivity index (χ0n) is 15.8. The number of benzene rings is 1. The number of hydrogen-bond donors (Lipinski definition) is 1. The molecule has 0 amide bonds. The van der Waals surface area contributed by atoms with Crippen molar-refractivity contribution in [2.45, 2.75) is 58.9 Å². The molecule has 0 radical (unpaired) electrons. The maximum absolute atomic E-state index is 14.3. The first-order valence-electron chi connectivity index (χ1n) is 9.33. The highest BCUT2D eigenvalue weighted by molar-refractivity contribution is 6.30. The molecule has 2 rings (SSSR count). The van der Waals surface area contributed by atoms with E-state index in [2.05, 4.69) is 11.9 Å². The Bertz CT molecular complexity index is 777. The van der Waals surface area contributed by atoms with E-state index in [4.69, 9.17) is 16.3 Å². The van der Waals surface area contributed by atoms with Crippen molar-refractivity contribution in [1.82, 2.24) is 9.55 Å². The van der Waals surface area contributed by atoms with E-state index in [1.54, 1.807) is 16.7 Å². The first-order valence-corrected chi connectivity index (χ1v) is 9.70. The highest BCUT2D eigenvalue weighted by Crippen LogP contribution is 2.24. The van der Waals surface area contributed by atoms with Crippen LogP contribution in [0.3, 0.4) is 0 Å². The number of imidazole rings is 1. The fourth-order valence-electron chi connectivity index (χ4n) is 2.80. The third kappa shape index (κ3) is 5.96. The molecule has 0 aliphatic heterocycles. The van der Waals surface area contributed by atoms with Crippen LogP contribution in [0.4, 0.5) is 4.39 Å². The summed E-state index contributed by atoms with van der Waals surface area (Å²) in [5.74, 6) is -0.453. The van der Waals surface area contributed by atoms with Crippen molar-refractivity contribution in [3.05, 3.63) is 46.3 Å². The minimum atomic E-state index is -0.981. The molecule has 0 bridgehead atoms. The lowest BCUT2D eigenvalue weighted by molar-refractivity contribution is -0.136. The van der Waals surface area contributed by atoms with Crippen molar-refractivity contribution in [3.63, 3.8) is 0 Å². The lowest BCUT2D eigenvalue weighted by Crippen LogP contribution is -2.12. The molecule has 1 aromatic carbocycles. The van der Waals surface area contributed by atoms with E-state index in [9.17, 15) is 14.3 Å². The van der Waals surface area contributed by atoms with Gasteiger partial charge in [-0.15, -0.1) is 0 Å². The van der Waals surface area contributed by atoms with E-state index in [1.807, 2.05) is 6.92 Å². The molecule has 2 aromatic rings. The van der Waals surface area contributed by atoms with Crippen LogP contribution in [0.15, 0.2) is 18.2 Å². The van der Waals surface area contributed by atoms with Crippen LogP contribution < -0.4 is 4.74 Å². The van der Waals surface area contributed by atoms with Gasteiger partial charge in [0.15, 0.2) is 16.7 Å². The van der Waals surface area contributed by atoms with Crippen LogP contribution in [0.25, 0.3) is 0 Å². The Hall–Kier alpha value is -2.08. The predicted octanol–water partition coefficient (Wildman–Crippen LogP) is 4.87. The molecule has 1 aromatic heterocycles. The molecule has 0 atom stereocenters. The number of halogens is 2. The van der Waals surface area contributed by atoms with E-state index < -0.39 is 11.8 Å². The Morgan fingerprint density at radius 1 is 1.30 bits per heavy atom. The summed E-state index contributed by atoms with van der Waals surface area (Å²) in [6.45, 7) is 4.91. The van der Waals surface area contributed by atoms with Gasteiger partial charge in [0, 0.05) is 13.0 Å². The number of aliphatic carboxylic acids is 1. The summed E-state index contributed by atoms with van der Waals surface area (Å²) in [6.07, 6.45) is 4.22. The molecule has 0 fully saturated rings. The molecule has 148 valence electrons. The van der Waals surface area contributed by atoms with Crippen molar-refractivity contribution in [2.24, 2.45) is 0 Å². The van der Waals surface area contributed by atoms with Crippen LogP contribution in [-0.2, 0) is 24.2 Å². The quantitative estimate of drug-likeness (QED) is 0.551. The number of carboxylic acid groups (broad SMARTS) is 1. The van der Waals surface area contributed by atoms with Gasteiger partial charge in [0.05, 0.1) is 18.7 Å². The second-order valence-electron chi connectivity index (χ2n) is 6.49. The number of carboxylic acids is 1. The van der Waals surface area contributed by atoms with E-state index in [0.717, 1.165) is 31.5 Å². The number of aryl methyl sites for hydroxylation is 1. The maximum atomic E-state index is 14.3.